The Labute approximate surface area is 271 Å². The number of methoxy groups -OCH3 is 1. The lowest BCUT2D eigenvalue weighted by atomic mass is 10.0. The van der Waals surface area contributed by atoms with Crippen LogP contribution in [0.3, 0.4) is 0 Å². The standard InChI is InChI=1S/C28H34FN5O4S.C5H10O2/c1-7-14-31(8-2)26(36)28(4,5)34-23(35)22-18(3)24(33-15-9-13-30-33)39-25(22)32(27(34)37)16-12-19-17-20(29)10-11-21(19)38-6;6-5-1-3-7-4-2-5/h9-11,13,15,17H,7-8,12,14,16H2,1-6H3;5-6H,1-4H2. The van der Waals surface area contributed by atoms with Gasteiger partial charge in [0.2, 0.25) is 5.91 Å². The SMILES string of the molecule is CCCN(CC)C(=O)C(C)(C)n1c(=O)c2c(C)c(-n3cccn3)sc2n(CCc2cc(F)ccc2OC)c1=O.OC1CCOCC1. The first-order valence-electron chi connectivity index (χ1n) is 15.6. The van der Waals surface area contributed by atoms with E-state index in [0.717, 1.165) is 37.0 Å². The summed E-state index contributed by atoms with van der Waals surface area (Å²) in [6.07, 6.45) is 5.98. The molecule has 1 aliphatic rings. The number of rotatable bonds is 10. The number of benzene rings is 1. The second-order valence-corrected chi connectivity index (χ2v) is 12.7. The fourth-order valence-electron chi connectivity index (χ4n) is 5.65. The maximum absolute atomic E-state index is 14.1. The van der Waals surface area contributed by atoms with Gasteiger partial charge in [-0.05, 0) is 83.2 Å². The van der Waals surface area contributed by atoms with Crippen molar-refractivity contribution in [1.29, 1.82) is 0 Å². The van der Waals surface area contributed by atoms with Crippen molar-refractivity contribution in [3.63, 3.8) is 0 Å². The molecule has 0 radical (unpaired) electrons. The average Bonchev–Trinajstić information content (AvgIpc) is 3.68. The third-order valence-corrected chi connectivity index (χ3v) is 9.49. The Bertz CT molecular complexity index is 1750. The highest BCUT2D eigenvalue weighted by molar-refractivity contribution is 7.21. The van der Waals surface area contributed by atoms with Crippen LogP contribution in [0, 0.1) is 12.7 Å². The summed E-state index contributed by atoms with van der Waals surface area (Å²) in [4.78, 5) is 43.9. The number of amides is 1. The van der Waals surface area contributed by atoms with Gasteiger partial charge in [-0.3, -0.25) is 14.2 Å². The highest BCUT2D eigenvalue weighted by Crippen LogP contribution is 2.32. The molecule has 0 unspecified atom stereocenters. The van der Waals surface area contributed by atoms with E-state index in [1.54, 1.807) is 48.0 Å². The number of aryl methyl sites for hydroxylation is 3. The monoisotopic (exact) mass is 657 g/mol. The van der Waals surface area contributed by atoms with Crippen LogP contribution in [0.4, 0.5) is 4.39 Å². The number of fused-ring (bicyclic) bond motifs is 1. The number of ether oxygens (including phenoxy) is 2. The Kier molecular flexibility index (Phi) is 11.6. The molecule has 1 fully saturated rings. The smallest absolute Gasteiger partial charge is 0.333 e. The first-order chi connectivity index (χ1) is 22.0. The van der Waals surface area contributed by atoms with Crippen molar-refractivity contribution < 1.29 is 23.8 Å². The van der Waals surface area contributed by atoms with Gasteiger partial charge < -0.3 is 19.5 Å². The molecule has 0 saturated carbocycles. The van der Waals surface area contributed by atoms with Crippen molar-refractivity contribution in [3.05, 3.63) is 74.4 Å². The van der Waals surface area contributed by atoms with E-state index in [9.17, 15) is 18.8 Å². The molecule has 0 aliphatic carbocycles. The predicted molar refractivity (Wildman–Crippen MR) is 177 cm³/mol. The van der Waals surface area contributed by atoms with Gasteiger partial charge in [-0.1, -0.05) is 18.3 Å². The summed E-state index contributed by atoms with van der Waals surface area (Å²) in [5.74, 6) is -0.213. The van der Waals surface area contributed by atoms with Gasteiger partial charge in [-0.2, -0.15) is 5.10 Å². The van der Waals surface area contributed by atoms with Crippen molar-refractivity contribution in [2.24, 2.45) is 0 Å². The summed E-state index contributed by atoms with van der Waals surface area (Å²) in [6.45, 7) is 11.5. The summed E-state index contributed by atoms with van der Waals surface area (Å²) in [6, 6.07) is 6.02. The summed E-state index contributed by atoms with van der Waals surface area (Å²) in [5.41, 5.74) is -1.30. The van der Waals surface area contributed by atoms with Crippen molar-refractivity contribution in [3.8, 4) is 10.8 Å². The molecule has 0 bridgehead atoms. The third kappa shape index (κ3) is 7.26. The number of likely N-dealkylation sites (N-methyl/N-ethyl adjacent to an activating group) is 1. The maximum atomic E-state index is 14.1. The number of hydrogen-bond donors (Lipinski definition) is 1. The number of aliphatic hydroxyl groups excluding tert-OH is 1. The second-order valence-electron chi connectivity index (χ2n) is 11.7. The van der Waals surface area contributed by atoms with E-state index in [4.69, 9.17) is 14.6 Å². The minimum absolute atomic E-state index is 0.0891. The first kappa shape index (κ1) is 35.1. The number of aromatic nitrogens is 4. The number of halogens is 1. The van der Waals surface area contributed by atoms with Crippen molar-refractivity contribution >= 4 is 27.5 Å². The number of hydrogen-bond acceptors (Lipinski definition) is 8. The number of thiophene rings is 1. The Morgan fingerprint density at radius 3 is 2.52 bits per heavy atom. The molecule has 0 spiro atoms. The van der Waals surface area contributed by atoms with Crippen LogP contribution in [0.5, 0.6) is 5.75 Å². The van der Waals surface area contributed by atoms with Crippen LogP contribution in [-0.2, 0) is 28.0 Å². The van der Waals surface area contributed by atoms with Crippen LogP contribution >= 0.6 is 11.3 Å². The highest BCUT2D eigenvalue weighted by atomic mass is 32.1. The van der Waals surface area contributed by atoms with E-state index >= 15 is 0 Å². The van der Waals surface area contributed by atoms with E-state index in [0.29, 0.717) is 45.2 Å². The topological polar surface area (TPSA) is 121 Å². The summed E-state index contributed by atoms with van der Waals surface area (Å²) < 4.78 is 28.7. The largest absolute Gasteiger partial charge is 0.496 e. The van der Waals surface area contributed by atoms with Gasteiger partial charge in [-0.15, -0.1) is 0 Å². The van der Waals surface area contributed by atoms with Crippen LogP contribution in [0.2, 0.25) is 0 Å². The summed E-state index contributed by atoms with van der Waals surface area (Å²) in [5, 5.41) is 14.2. The van der Waals surface area contributed by atoms with Gasteiger partial charge in [0.05, 0.1) is 18.6 Å². The van der Waals surface area contributed by atoms with Gasteiger partial charge in [-0.25, -0.2) is 18.4 Å². The Morgan fingerprint density at radius 2 is 1.96 bits per heavy atom. The van der Waals surface area contributed by atoms with Gasteiger partial charge in [0.15, 0.2) is 0 Å². The minimum Gasteiger partial charge on any atom is -0.496 e. The van der Waals surface area contributed by atoms with E-state index in [2.05, 4.69) is 5.10 Å². The molecule has 13 heteroatoms. The van der Waals surface area contributed by atoms with E-state index in [-0.39, 0.29) is 25.0 Å². The fourth-order valence-corrected chi connectivity index (χ4v) is 6.91. The zero-order valence-electron chi connectivity index (χ0n) is 27.4. The zero-order valence-corrected chi connectivity index (χ0v) is 28.2. The highest BCUT2D eigenvalue weighted by Gasteiger charge is 2.37. The lowest BCUT2D eigenvalue weighted by molar-refractivity contribution is -0.139. The van der Waals surface area contributed by atoms with Crippen molar-refractivity contribution in [2.75, 3.05) is 33.4 Å². The minimum atomic E-state index is -1.44. The van der Waals surface area contributed by atoms with E-state index in [1.165, 1.54) is 35.1 Å². The maximum Gasteiger partial charge on any atom is 0.333 e. The van der Waals surface area contributed by atoms with Crippen molar-refractivity contribution in [1.82, 2.24) is 23.8 Å². The number of carbonyl (C=O) groups is 1. The third-order valence-electron chi connectivity index (χ3n) is 8.18. The molecule has 11 nitrogen and oxygen atoms in total. The van der Waals surface area contributed by atoms with Gasteiger partial charge >= 0.3 is 5.69 Å². The molecular weight excluding hydrogens is 613 g/mol. The second kappa shape index (κ2) is 15.2. The van der Waals surface area contributed by atoms with Gasteiger partial charge in [0.1, 0.15) is 26.9 Å². The number of nitrogens with zero attached hydrogens (tertiary/aromatic N) is 5. The molecule has 5 rings (SSSR count). The molecule has 1 N–H and O–H groups in total. The molecule has 1 aliphatic heterocycles. The predicted octanol–water partition coefficient (Wildman–Crippen LogP) is 4.26. The Hall–Kier alpha value is -3.81. The molecule has 0 atom stereocenters. The van der Waals surface area contributed by atoms with E-state index < -0.39 is 22.6 Å². The average molecular weight is 658 g/mol. The van der Waals surface area contributed by atoms with Gasteiger partial charge in [0.25, 0.3) is 5.56 Å². The van der Waals surface area contributed by atoms with Crippen LogP contribution in [0.1, 0.15) is 58.1 Å². The molecule has 1 saturated heterocycles. The zero-order chi connectivity index (χ0) is 33.6. The Morgan fingerprint density at radius 1 is 1.24 bits per heavy atom. The molecule has 1 aromatic carbocycles. The molecule has 250 valence electrons. The normalized spacial score (nSPS) is 13.8. The van der Waals surface area contributed by atoms with Gasteiger partial charge in [0, 0.05) is 50.8 Å². The molecule has 46 heavy (non-hydrogen) atoms. The molecule has 1 amide bonds. The fraction of sp³-hybridized carbons (Fsp3) is 0.515. The molecule has 3 aromatic heterocycles. The lowest BCUT2D eigenvalue weighted by Crippen LogP contribution is -2.56. The first-order valence-corrected chi connectivity index (χ1v) is 16.4. The Balaban J connectivity index is 0.000000606. The molecule has 4 aromatic rings. The van der Waals surface area contributed by atoms with Crippen LogP contribution in [0.25, 0.3) is 15.2 Å². The number of carbonyl (C=O) groups excluding carboxylic acids is 1. The van der Waals surface area contributed by atoms with Crippen LogP contribution in [-0.4, -0.2) is 74.3 Å². The molecule has 4 heterocycles. The molecular formula is C33H44FN5O6S. The van der Waals surface area contributed by atoms with Crippen LogP contribution < -0.4 is 16.0 Å². The lowest BCUT2D eigenvalue weighted by Gasteiger charge is -2.32. The van der Waals surface area contributed by atoms with E-state index in [1.807, 2.05) is 20.8 Å². The quantitative estimate of drug-likeness (QED) is 0.271. The van der Waals surface area contributed by atoms with Crippen molar-refractivity contribution in [2.45, 2.75) is 78.5 Å². The summed E-state index contributed by atoms with van der Waals surface area (Å²) >= 11 is 1.28. The van der Waals surface area contributed by atoms with Crippen LogP contribution in [0.15, 0.2) is 46.2 Å². The number of aliphatic hydroxyl groups is 1. The summed E-state index contributed by atoms with van der Waals surface area (Å²) in [7, 11) is 1.50.